The van der Waals surface area contributed by atoms with E-state index in [2.05, 4.69) is 5.16 Å². The second-order valence-electron chi connectivity index (χ2n) is 7.70. The third-order valence-corrected chi connectivity index (χ3v) is 5.14. The van der Waals surface area contributed by atoms with E-state index in [-0.39, 0.29) is 50.0 Å². The molecule has 166 valence electrons. The molecule has 0 saturated carbocycles. The SMILES string of the molecule is N/C(=N\OCC1(F)COC1)[C@@H]1CCCN1C(=O)CC(N)Cc1cc(F)c(F)cc1F. The Labute approximate surface area is 171 Å². The minimum Gasteiger partial charge on any atom is -0.391 e. The monoisotopic (exact) mass is 432 g/mol. The zero-order valence-electron chi connectivity index (χ0n) is 16.3. The molecule has 2 heterocycles. The highest BCUT2D eigenvalue weighted by atomic mass is 19.2. The van der Waals surface area contributed by atoms with Crippen LogP contribution in [0.5, 0.6) is 0 Å². The predicted molar refractivity (Wildman–Crippen MR) is 99.6 cm³/mol. The quantitative estimate of drug-likeness (QED) is 0.212. The van der Waals surface area contributed by atoms with Gasteiger partial charge in [-0.3, -0.25) is 4.79 Å². The van der Waals surface area contributed by atoms with E-state index >= 15 is 0 Å². The summed E-state index contributed by atoms with van der Waals surface area (Å²) in [6, 6.07) is -0.139. The number of likely N-dealkylation sites (tertiary alicyclic amines) is 1. The zero-order valence-corrected chi connectivity index (χ0v) is 16.3. The van der Waals surface area contributed by atoms with Crippen molar-refractivity contribution in [1.82, 2.24) is 4.90 Å². The lowest BCUT2D eigenvalue weighted by molar-refractivity contribution is -0.161. The molecule has 30 heavy (non-hydrogen) atoms. The molecule has 1 aromatic carbocycles. The number of carbonyl (C=O) groups excluding carboxylic acids is 1. The fraction of sp³-hybridized carbons (Fsp3) is 0.579. The van der Waals surface area contributed by atoms with Crippen LogP contribution in [-0.2, 0) is 20.8 Å². The Kier molecular flexibility index (Phi) is 6.81. The van der Waals surface area contributed by atoms with Crippen molar-refractivity contribution >= 4 is 11.7 Å². The molecular formula is C19H24F4N4O3. The molecule has 2 atom stereocenters. The lowest BCUT2D eigenvalue weighted by Crippen LogP contribution is -2.49. The summed E-state index contributed by atoms with van der Waals surface area (Å²) in [6.45, 7) is 0.00566. The molecule has 0 bridgehead atoms. The molecule has 0 aromatic heterocycles. The maximum absolute atomic E-state index is 13.8. The Hall–Kier alpha value is -2.40. The van der Waals surface area contributed by atoms with Gasteiger partial charge in [-0.2, -0.15) is 0 Å². The number of nitrogens with zero attached hydrogens (tertiary/aromatic N) is 2. The van der Waals surface area contributed by atoms with E-state index in [0.717, 1.165) is 6.07 Å². The maximum atomic E-state index is 13.8. The number of alkyl halides is 1. The molecule has 11 heteroatoms. The van der Waals surface area contributed by atoms with Crippen LogP contribution >= 0.6 is 0 Å². The van der Waals surface area contributed by atoms with Crippen LogP contribution in [-0.4, -0.2) is 60.8 Å². The van der Waals surface area contributed by atoms with Gasteiger partial charge in [0.15, 0.2) is 29.7 Å². The Balaban J connectivity index is 1.55. The molecule has 0 spiro atoms. The summed E-state index contributed by atoms with van der Waals surface area (Å²) in [7, 11) is 0. The van der Waals surface area contributed by atoms with Crippen LogP contribution in [0.1, 0.15) is 24.8 Å². The lowest BCUT2D eigenvalue weighted by atomic mass is 10.0. The number of hydrogen-bond donors (Lipinski definition) is 2. The number of ether oxygens (including phenoxy) is 1. The van der Waals surface area contributed by atoms with Crippen molar-refractivity contribution in [3.05, 3.63) is 35.1 Å². The van der Waals surface area contributed by atoms with E-state index in [4.69, 9.17) is 21.0 Å². The van der Waals surface area contributed by atoms with Gasteiger partial charge in [0.25, 0.3) is 0 Å². The number of nitrogens with two attached hydrogens (primary N) is 2. The van der Waals surface area contributed by atoms with Crippen molar-refractivity contribution in [2.45, 2.75) is 43.4 Å². The summed E-state index contributed by atoms with van der Waals surface area (Å²) in [5, 5.41) is 3.73. The molecule has 3 rings (SSSR count). The molecule has 1 aromatic rings. The number of amidine groups is 1. The maximum Gasteiger partial charge on any atom is 0.224 e. The molecule has 1 amide bonds. The van der Waals surface area contributed by atoms with Crippen LogP contribution in [0, 0.1) is 17.5 Å². The molecule has 2 aliphatic rings. The van der Waals surface area contributed by atoms with Crippen molar-refractivity contribution in [2.75, 3.05) is 26.4 Å². The van der Waals surface area contributed by atoms with Crippen LogP contribution in [0.2, 0.25) is 0 Å². The first-order valence-corrected chi connectivity index (χ1v) is 9.59. The van der Waals surface area contributed by atoms with Crippen LogP contribution < -0.4 is 11.5 Å². The first-order valence-electron chi connectivity index (χ1n) is 9.59. The van der Waals surface area contributed by atoms with Crippen molar-refractivity contribution in [3.63, 3.8) is 0 Å². The minimum absolute atomic E-state index is 0.0462. The average molecular weight is 432 g/mol. The Morgan fingerprint density at radius 2 is 2.00 bits per heavy atom. The minimum atomic E-state index is -1.57. The van der Waals surface area contributed by atoms with Gasteiger partial charge in [0.2, 0.25) is 5.91 Å². The van der Waals surface area contributed by atoms with Crippen LogP contribution in [0.3, 0.4) is 0 Å². The highest BCUT2D eigenvalue weighted by Crippen LogP contribution is 2.23. The van der Waals surface area contributed by atoms with E-state index in [1.54, 1.807) is 0 Å². The Morgan fingerprint density at radius 1 is 1.30 bits per heavy atom. The van der Waals surface area contributed by atoms with E-state index in [1.807, 2.05) is 0 Å². The van der Waals surface area contributed by atoms with Gasteiger partial charge in [-0.05, 0) is 30.9 Å². The fourth-order valence-electron chi connectivity index (χ4n) is 3.48. The number of benzene rings is 1. The Morgan fingerprint density at radius 3 is 2.67 bits per heavy atom. The number of oxime groups is 1. The molecule has 1 unspecified atom stereocenters. The second kappa shape index (κ2) is 9.17. The molecule has 4 N–H and O–H groups in total. The normalized spacial score (nSPS) is 22.0. The zero-order chi connectivity index (χ0) is 21.9. The summed E-state index contributed by atoms with van der Waals surface area (Å²) in [4.78, 5) is 19.1. The number of carbonyl (C=O) groups is 1. The molecule has 2 saturated heterocycles. The smallest absolute Gasteiger partial charge is 0.224 e. The average Bonchev–Trinajstić information content (AvgIpc) is 3.14. The van der Waals surface area contributed by atoms with Crippen molar-refractivity contribution in [3.8, 4) is 0 Å². The molecule has 0 radical (unpaired) electrons. The molecule has 0 aliphatic carbocycles. The van der Waals surface area contributed by atoms with Gasteiger partial charge in [0, 0.05) is 25.1 Å². The summed E-state index contributed by atoms with van der Waals surface area (Å²) in [5.41, 5.74) is 10.2. The fourth-order valence-corrected chi connectivity index (χ4v) is 3.48. The van der Waals surface area contributed by atoms with Crippen molar-refractivity contribution in [2.24, 2.45) is 16.6 Å². The highest BCUT2D eigenvalue weighted by Gasteiger charge is 2.40. The standard InChI is InChI=1S/C19H24F4N4O3/c20-13-7-15(22)14(21)5-11(13)4-12(24)6-17(28)27-3-1-2-16(27)18(25)26-30-10-19(23)8-29-9-19/h5,7,12,16H,1-4,6,8-10,24H2,(H2,25,26)/t12?,16-/m0/s1. The lowest BCUT2D eigenvalue weighted by Gasteiger charge is -2.32. The van der Waals surface area contributed by atoms with Crippen LogP contribution in [0.25, 0.3) is 0 Å². The number of rotatable bonds is 8. The highest BCUT2D eigenvalue weighted by molar-refractivity contribution is 5.90. The van der Waals surface area contributed by atoms with Gasteiger partial charge in [0.05, 0.1) is 19.3 Å². The number of hydrogen-bond acceptors (Lipinski definition) is 5. The van der Waals surface area contributed by atoms with Gasteiger partial charge in [-0.15, -0.1) is 0 Å². The van der Waals surface area contributed by atoms with Gasteiger partial charge in [-0.1, -0.05) is 5.16 Å². The number of halogens is 4. The predicted octanol–water partition coefficient (Wildman–Crippen LogP) is 1.38. The topological polar surface area (TPSA) is 103 Å². The first-order chi connectivity index (χ1) is 14.2. The van der Waals surface area contributed by atoms with Crippen LogP contribution in [0.4, 0.5) is 17.6 Å². The summed E-state index contributed by atoms with van der Waals surface area (Å²) < 4.78 is 58.8. The van der Waals surface area contributed by atoms with E-state index < -0.39 is 35.2 Å². The van der Waals surface area contributed by atoms with Gasteiger partial charge in [-0.25, -0.2) is 17.6 Å². The summed E-state index contributed by atoms with van der Waals surface area (Å²) >= 11 is 0. The van der Waals surface area contributed by atoms with Crippen molar-refractivity contribution in [1.29, 1.82) is 0 Å². The van der Waals surface area contributed by atoms with E-state index in [1.165, 1.54) is 4.90 Å². The molecular weight excluding hydrogens is 408 g/mol. The van der Waals surface area contributed by atoms with E-state index in [0.29, 0.717) is 25.5 Å². The largest absolute Gasteiger partial charge is 0.391 e. The molecule has 2 aliphatic heterocycles. The van der Waals surface area contributed by atoms with Crippen LogP contribution in [0.15, 0.2) is 17.3 Å². The first kappa shape index (κ1) is 22.3. The third-order valence-electron chi connectivity index (χ3n) is 5.14. The number of amides is 1. The van der Waals surface area contributed by atoms with Gasteiger partial charge in [0.1, 0.15) is 5.82 Å². The van der Waals surface area contributed by atoms with E-state index in [9.17, 15) is 22.4 Å². The van der Waals surface area contributed by atoms with Crippen molar-refractivity contribution < 1.29 is 31.9 Å². The third kappa shape index (κ3) is 5.20. The summed E-state index contributed by atoms with van der Waals surface area (Å²) in [5.74, 6) is -3.68. The Bertz CT molecular complexity index is 819. The summed E-state index contributed by atoms with van der Waals surface area (Å²) in [6.07, 6.45) is 0.955. The molecule has 7 nitrogen and oxygen atoms in total. The van der Waals surface area contributed by atoms with Gasteiger partial charge >= 0.3 is 0 Å². The van der Waals surface area contributed by atoms with Gasteiger partial charge < -0.3 is 25.9 Å². The molecule has 2 fully saturated rings. The second-order valence-corrected chi connectivity index (χ2v) is 7.70.